The molecule has 1 rings (SSSR count). The number of hydrogen-bond donors (Lipinski definition) is 2. The van der Waals surface area contributed by atoms with Crippen LogP contribution < -0.4 is 5.32 Å². The van der Waals surface area contributed by atoms with E-state index in [1.165, 1.54) is 4.88 Å². The van der Waals surface area contributed by atoms with E-state index in [1.807, 2.05) is 11.4 Å². The summed E-state index contributed by atoms with van der Waals surface area (Å²) >= 11 is 3.29. The number of aliphatic hydroxyl groups is 1. The van der Waals surface area contributed by atoms with Crippen molar-refractivity contribution in [1.82, 2.24) is 5.32 Å². The van der Waals surface area contributed by atoms with E-state index in [4.69, 9.17) is 5.11 Å². The standard InChI is InChI=1S/C9H13NO2S2/c11-4-3-10-9(12)7-13-6-8-2-1-5-14-8/h1-2,5,11H,3-4,6-7H2,(H,10,12). The molecule has 0 saturated heterocycles. The van der Waals surface area contributed by atoms with Crippen molar-refractivity contribution in [2.75, 3.05) is 18.9 Å². The summed E-state index contributed by atoms with van der Waals surface area (Å²) in [7, 11) is 0. The molecular weight excluding hydrogens is 218 g/mol. The highest BCUT2D eigenvalue weighted by atomic mass is 32.2. The normalized spacial score (nSPS) is 10.1. The fraction of sp³-hybridized carbons (Fsp3) is 0.444. The molecule has 1 heterocycles. The number of carbonyl (C=O) groups excluding carboxylic acids is 1. The molecule has 3 nitrogen and oxygen atoms in total. The third kappa shape index (κ3) is 4.64. The van der Waals surface area contributed by atoms with Gasteiger partial charge in [-0.3, -0.25) is 4.79 Å². The van der Waals surface area contributed by atoms with Gasteiger partial charge in [-0.15, -0.1) is 23.1 Å². The highest BCUT2D eigenvalue weighted by molar-refractivity contribution is 7.99. The van der Waals surface area contributed by atoms with Crippen molar-refractivity contribution in [3.05, 3.63) is 22.4 Å². The number of aliphatic hydroxyl groups excluding tert-OH is 1. The smallest absolute Gasteiger partial charge is 0.230 e. The van der Waals surface area contributed by atoms with Crippen molar-refractivity contribution in [2.24, 2.45) is 0 Å². The monoisotopic (exact) mass is 231 g/mol. The van der Waals surface area contributed by atoms with Gasteiger partial charge in [-0.05, 0) is 11.4 Å². The van der Waals surface area contributed by atoms with Crippen molar-refractivity contribution < 1.29 is 9.90 Å². The summed E-state index contributed by atoms with van der Waals surface area (Å²) in [5.74, 6) is 1.32. The molecule has 0 fully saturated rings. The van der Waals surface area contributed by atoms with E-state index in [2.05, 4.69) is 11.4 Å². The van der Waals surface area contributed by atoms with E-state index in [-0.39, 0.29) is 12.5 Å². The Morgan fingerprint density at radius 3 is 3.14 bits per heavy atom. The Morgan fingerprint density at radius 1 is 1.64 bits per heavy atom. The SMILES string of the molecule is O=C(CSCc1cccs1)NCCO. The Balaban J connectivity index is 2.06. The minimum absolute atomic E-state index is 0.00132. The van der Waals surface area contributed by atoms with Crippen LogP contribution in [0.3, 0.4) is 0 Å². The van der Waals surface area contributed by atoms with Crippen molar-refractivity contribution in [1.29, 1.82) is 0 Å². The molecule has 14 heavy (non-hydrogen) atoms. The van der Waals surface area contributed by atoms with Gasteiger partial charge in [0.05, 0.1) is 12.4 Å². The van der Waals surface area contributed by atoms with Gasteiger partial charge < -0.3 is 10.4 Å². The predicted molar refractivity (Wildman–Crippen MR) is 60.6 cm³/mol. The van der Waals surface area contributed by atoms with Gasteiger partial charge in [0.25, 0.3) is 0 Å². The maximum absolute atomic E-state index is 11.1. The summed E-state index contributed by atoms with van der Waals surface area (Å²) in [5, 5.41) is 13.1. The van der Waals surface area contributed by atoms with Crippen LogP contribution in [0.25, 0.3) is 0 Å². The zero-order valence-electron chi connectivity index (χ0n) is 7.73. The van der Waals surface area contributed by atoms with Crippen LogP contribution in [-0.4, -0.2) is 29.9 Å². The van der Waals surface area contributed by atoms with E-state index in [1.54, 1.807) is 23.1 Å². The lowest BCUT2D eigenvalue weighted by atomic mass is 10.5. The molecule has 0 saturated carbocycles. The molecule has 0 unspecified atom stereocenters. The van der Waals surface area contributed by atoms with Gasteiger partial charge in [-0.25, -0.2) is 0 Å². The molecule has 0 aliphatic heterocycles. The zero-order valence-corrected chi connectivity index (χ0v) is 9.37. The van der Waals surface area contributed by atoms with E-state index in [0.717, 1.165) is 5.75 Å². The van der Waals surface area contributed by atoms with Gasteiger partial charge >= 0.3 is 0 Å². The molecule has 0 aliphatic rings. The van der Waals surface area contributed by atoms with E-state index in [0.29, 0.717) is 12.3 Å². The first kappa shape index (κ1) is 11.6. The molecule has 0 spiro atoms. The Labute approximate surface area is 91.5 Å². The number of thioether (sulfide) groups is 1. The van der Waals surface area contributed by atoms with Crippen LogP contribution in [0, 0.1) is 0 Å². The lowest BCUT2D eigenvalue weighted by Gasteiger charge is -2.01. The first-order valence-electron chi connectivity index (χ1n) is 4.30. The van der Waals surface area contributed by atoms with Crippen LogP contribution in [0.4, 0.5) is 0 Å². The summed E-state index contributed by atoms with van der Waals surface area (Å²) in [6.45, 7) is 0.347. The summed E-state index contributed by atoms with van der Waals surface area (Å²) in [5.41, 5.74) is 0. The molecular formula is C9H13NO2S2. The van der Waals surface area contributed by atoms with Gasteiger partial charge in [0.2, 0.25) is 5.91 Å². The van der Waals surface area contributed by atoms with Crippen LogP contribution in [0.1, 0.15) is 4.88 Å². The second-order valence-corrected chi connectivity index (χ2v) is 4.66. The van der Waals surface area contributed by atoms with Crippen molar-refractivity contribution in [2.45, 2.75) is 5.75 Å². The molecule has 0 aromatic carbocycles. The molecule has 1 amide bonds. The first-order valence-corrected chi connectivity index (χ1v) is 6.34. The number of amides is 1. The van der Waals surface area contributed by atoms with Gasteiger partial charge in [0, 0.05) is 17.2 Å². The van der Waals surface area contributed by atoms with Gasteiger partial charge in [0.15, 0.2) is 0 Å². The second-order valence-electron chi connectivity index (χ2n) is 2.65. The molecule has 5 heteroatoms. The average molecular weight is 231 g/mol. The zero-order chi connectivity index (χ0) is 10.2. The minimum atomic E-state index is -0.0133. The van der Waals surface area contributed by atoms with Gasteiger partial charge in [-0.1, -0.05) is 6.07 Å². The Hall–Kier alpha value is -0.520. The van der Waals surface area contributed by atoms with Crippen molar-refractivity contribution >= 4 is 29.0 Å². The summed E-state index contributed by atoms with van der Waals surface area (Å²) in [6.07, 6.45) is 0. The Bertz CT molecular complexity index is 262. The largest absolute Gasteiger partial charge is 0.395 e. The molecule has 0 radical (unpaired) electrons. The number of hydrogen-bond acceptors (Lipinski definition) is 4. The van der Waals surface area contributed by atoms with Gasteiger partial charge in [-0.2, -0.15) is 0 Å². The highest BCUT2D eigenvalue weighted by Gasteiger charge is 2.00. The van der Waals surface area contributed by atoms with Crippen molar-refractivity contribution in [3.63, 3.8) is 0 Å². The van der Waals surface area contributed by atoms with Crippen LogP contribution in [0.5, 0.6) is 0 Å². The molecule has 1 aromatic rings. The summed E-state index contributed by atoms with van der Waals surface area (Å²) < 4.78 is 0. The number of carbonyl (C=O) groups is 1. The first-order chi connectivity index (χ1) is 6.83. The molecule has 2 N–H and O–H groups in total. The number of nitrogens with one attached hydrogen (secondary N) is 1. The second kappa shape index (κ2) is 6.86. The summed E-state index contributed by atoms with van der Waals surface area (Å²) in [6, 6.07) is 4.07. The maximum Gasteiger partial charge on any atom is 0.230 e. The molecule has 0 atom stereocenters. The van der Waals surface area contributed by atoms with E-state index < -0.39 is 0 Å². The third-order valence-corrected chi connectivity index (χ3v) is 3.53. The van der Waals surface area contributed by atoms with Crippen molar-refractivity contribution in [3.8, 4) is 0 Å². The van der Waals surface area contributed by atoms with Gasteiger partial charge in [0.1, 0.15) is 0 Å². The average Bonchev–Trinajstić information content (AvgIpc) is 2.67. The van der Waals surface area contributed by atoms with E-state index in [9.17, 15) is 4.79 Å². The molecule has 78 valence electrons. The van der Waals surface area contributed by atoms with Crippen LogP contribution >= 0.6 is 23.1 Å². The van der Waals surface area contributed by atoms with Crippen LogP contribution in [0.2, 0.25) is 0 Å². The lowest BCUT2D eigenvalue weighted by molar-refractivity contribution is -0.118. The molecule has 0 bridgehead atoms. The quantitative estimate of drug-likeness (QED) is 0.770. The maximum atomic E-state index is 11.1. The molecule has 1 aromatic heterocycles. The van der Waals surface area contributed by atoms with Crippen LogP contribution in [0.15, 0.2) is 17.5 Å². The fourth-order valence-electron chi connectivity index (χ4n) is 0.885. The highest BCUT2D eigenvalue weighted by Crippen LogP contribution is 2.16. The predicted octanol–water partition coefficient (Wildman–Crippen LogP) is 1.09. The summed E-state index contributed by atoms with van der Waals surface area (Å²) in [4.78, 5) is 12.4. The Kier molecular flexibility index (Phi) is 5.66. The Morgan fingerprint density at radius 2 is 2.50 bits per heavy atom. The number of thiophene rings is 1. The van der Waals surface area contributed by atoms with E-state index >= 15 is 0 Å². The topological polar surface area (TPSA) is 49.3 Å². The lowest BCUT2D eigenvalue weighted by Crippen LogP contribution is -2.27. The number of rotatable bonds is 6. The third-order valence-electron chi connectivity index (χ3n) is 1.49. The minimum Gasteiger partial charge on any atom is -0.395 e. The fourth-order valence-corrected chi connectivity index (χ4v) is 2.58. The van der Waals surface area contributed by atoms with Crippen LogP contribution in [-0.2, 0) is 10.5 Å². The molecule has 0 aliphatic carbocycles.